The zero-order valence-electron chi connectivity index (χ0n) is 15.5. The topological polar surface area (TPSA) is 85.8 Å². The number of aromatic nitrogens is 3. The van der Waals surface area contributed by atoms with Crippen molar-refractivity contribution in [3.05, 3.63) is 64.8 Å². The zero-order valence-corrected chi connectivity index (χ0v) is 15.5. The standard InChI is InChI=1S/C21H19N3O4/c1-23-16-6-4-3-5-14(16)19(28-2)18(21(23)27)15-9-7-13(8-10-17(25)26)24-12-11-22-20(15)24/h3-7,9,11-12H,8,10H2,1-2H3,(H,25,26). The molecule has 7 heteroatoms. The average molecular weight is 377 g/mol. The Balaban J connectivity index is 2.01. The molecular weight excluding hydrogens is 358 g/mol. The number of imidazole rings is 1. The van der Waals surface area contributed by atoms with E-state index in [0.717, 1.165) is 16.6 Å². The first-order chi connectivity index (χ1) is 13.5. The molecule has 0 aliphatic carbocycles. The van der Waals surface area contributed by atoms with Gasteiger partial charge in [-0.3, -0.25) is 9.59 Å². The Morgan fingerprint density at radius 2 is 2.00 bits per heavy atom. The van der Waals surface area contributed by atoms with Crippen LogP contribution in [0.15, 0.2) is 53.6 Å². The summed E-state index contributed by atoms with van der Waals surface area (Å²) in [6, 6.07) is 11.2. The second-order valence-corrected chi connectivity index (χ2v) is 6.54. The molecule has 4 aromatic rings. The van der Waals surface area contributed by atoms with Crippen molar-refractivity contribution < 1.29 is 14.6 Å². The van der Waals surface area contributed by atoms with Gasteiger partial charge in [-0.25, -0.2) is 4.98 Å². The van der Waals surface area contributed by atoms with E-state index in [-0.39, 0.29) is 12.0 Å². The predicted molar refractivity (Wildman–Crippen MR) is 106 cm³/mol. The highest BCUT2D eigenvalue weighted by Gasteiger charge is 2.21. The summed E-state index contributed by atoms with van der Waals surface area (Å²) < 4.78 is 9.08. The first kappa shape index (κ1) is 17.8. The van der Waals surface area contributed by atoms with Gasteiger partial charge in [0.05, 0.1) is 24.6 Å². The maximum atomic E-state index is 13.2. The van der Waals surface area contributed by atoms with E-state index >= 15 is 0 Å². The molecule has 1 N–H and O–H groups in total. The monoisotopic (exact) mass is 377 g/mol. The second kappa shape index (κ2) is 6.84. The number of hydrogen-bond donors (Lipinski definition) is 1. The Bertz CT molecular complexity index is 1270. The lowest BCUT2D eigenvalue weighted by Crippen LogP contribution is -2.20. The molecule has 0 spiro atoms. The van der Waals surface area contributed by atoms with E-state index in [4.69, 9.17) is 9.84 Å². The fourth-order valence-electron chi connectivity index (χ4n) is 3.62. The third kappa shape index (κ3) is 2.72. The highest BCUT2D eigenvalue weighted by Crippen LogP contribution is 2.35. The molecule has 142 valence electrons. The number of aliphatic carboxylic acids is 1. The quantitative estimate of drug-likeness (QED) is 0.578. The maximum Gasteiger partial charge on any atom is 0.303 e. The molecule has 0 atom stereocenters. The smallest absolute Gasteiger partial charge is 0.303 e. The minimum Gasteiger partial charge on any atom is -0.495 e. The van der Waals surface area contributed by atoms with Crippen LogP contribution in [0.3, 0.4) is 0 Å². The van der Waals surface area contributed by atoms with Gasteiger partial charge in [-0.2, -0.15) is 0 Å². The molecular formula is C21H19N3O4. The largest absolute Gasteiger partial charge is 0.495 e. The van der Waals surface area contributed by atoms with Crippen LogP contribution in [0.2, 0.25) is 0 Å². The van der Waals surface area contributed by atoms with Crippen LogP contribution >= 0.6 is 0 Å². The van der Waals surface area contributed by atoms with Crippen LogP contribution in [0.1, 0.15) is 12.1 Å². The van der Waals surface area contributed by atoms with Gasteiger partial charge in [-0.15, -0.1) is 0 Å². The summed E-state index contributed by atoms with van der Waals surface area (Å²) in [6.07, 6.45) is 3.80. The lowest BCUT2D eigenvalue weighted by molar-refractivity contribution is -0.136. The zero-order chi connectivity index (χ0) is 19.8. The van der Waals surface area contributed by atoms with E-state index in [0.29, 0.717) is 28.9 Å². The lowest BCUT2D eigenvalue weighted by atomic mass is 10.0. The summed E-state index contributed by atoms with van der Waals surface area (Å²) >= 11 is 0. The first-order valence-electron chi connectivity index (χ1n) is 8.85. The summed E-state index contributed by atoms with van der Waals surface area (Å²) in [5.74, 6) is -0.357. The molecule has 0 aliphatic rings. The number of methoxy groups -OCH3 is 1. The van der Waals surface area contributed by atoms with E-state index in [1.54, 1.807) is 31.1 Å². The Kier molecular flexibility index (Phi) is 4.35. The number of carboxylic acids is 1. The van der Waals surface area contributed by atoms with E-state index < -0.39 is 5.97 Å². The van der Waals surface area contributed by atoms with Crippen molar-refractivity contribution in [2.24, 2.45) is 7.05 Å². The molecule has 7 nitrogen and oxygen atoms in total. The predicted octanol–water partition coefficient (Wildman–Crippen LogP) is 2.88. The van der Waals surface area contributed by atoms with Crippen molar-refractivity contribution in [3.63, 3.8) is 0 Å². The molecule has 0 fully saturated rings. The van der Waals surface area contributed by atoms with Crippen LogP contribution in [0.25, 0.3) is 27.7 Å². The second-order valence-electron chi connectivity index (χ2n) is 6.54. The van der Waals surface area contributed by atoms with Gasteiger partial charge in [-0.1, -0.05) is 12.1 Å². The summed E-state index contributed by atoms with van der Waals surface area (Å²) in [4.78, 5) is 28.6. The molecule has 0 unspecified atom stereocenters. The number of carboxylic acid groups (broad SMARTS) is 1. The molecule has 0 amide bonds. The maximum absolute atomic E-state index is 13.2. The van der Waals surface area contributed by atoms with E-state index in [2.05, 4.69) is 4.98 Å². The molecule has 4 rings (SSSR count). The fraction of sp³-hybridized carbons (Fsp3) is 0.190. The Morgan fingerprint density at radius 3 is 2.75 bits per heavy atom. The van der Waals surface area contributed by atoms with E-state index in [1.165, 1.54) is 0 Å². The third-order valence-corrected chi connectivity index (χ3v) is 4.96. The number of ether oxygens (including phenoxy) is 1. The Labute approximate surface area is 160 Å². The number of pyridine rings is 2. The number of nitrogens with zero attached hydrogens (tertiary/aromatic N) is 3. The molecule has 3 heterocycles. The van der Waals surface area contributed by atoms with Crippen molar-refractivity contribution in [1.82, 2.24) is 14.0 Å². The molecule has 3 aromatic heterocycles. The van der Waals surface area contributed by atoms with E-state index in [9.17, 15) is 9.59 Å². The normalized spacial score (nSPS) is 11.2. The van der Waals surface area contributed by atoms with Crippen molar-refractivity contribution in [2.45, 2.75) is 12.8 Å². The molecule has 0 saturated heterocycles. The van der Waals surface area contributed by atoms with Crippen LogP contribution < -0.4 is 10.3 Å². The summed E-state index contributed by atoms with van der Waals surface area (Å²) in [5.41, 5.74) is 3.09. The minimum absolute atomic E-state index is 0.0215. The van der Waals surface area contributed by atoms with Crippen molar-refractivity contribution in [1.29, 1.82) is 0 Å². The van der Waals surface area contributed by atoms with Gasteiger partial charge in [0, 0.05) is 36.1 Å². The minimum atomic E-state index is -0.859. The lowest BCUT2D eigenvalue weighted by Gasteiger charge is -2.16. The average Bonchev–Trinajstić information content (AvgIpc) is 3.19. The van der Waals surface area contributed by atoms with Gasteiger partial charge in [0.15, 0.2) is 0 Å². The van der Waals surface area contributed by atoms with Gasteiger partial charge >= 0.3 is 5.97 Å². The van der Waals surface area contributed by atoms with Gasteiger partial charge in [-0.05, 0) is 30.7 Å². The number of fused-ring (bicyclic) bond motifs is 2. The summed E-state index contributed by atoms with van der Waals surface area (Å²) in [6.45, 7) is 0. The van der Waals surface area contributed by atoms with E-state index in [1.807, 2.05) is 40.8 Å². The Hall–Kier alpha value is -3.61. The van der Waals surface area contributed by atoms with Crippen LogP contribution in [0.5, 0.6) is 5.75 Å². The Morgan fingerprint density at radius 1 is 1.21 bits per heavy atom. The number of benzene rings is 1. The molecule has 0 saturated carbocycles. The number of aryl methyl sites for hydroxylation is 2. The highest BCUT2D eigenvalue weighted by atomic mass is 16.5. The van der Waals surface area contributed by atoms with Gasteiger partial charge in [0.2, 0.25) is 0 Å². The van der Waals surface area contributed by atoms with Gasteiger partial charge in [0.1, 0.15) is 11.4 Å². The van der Waals surface area contributed by atoms with Crippen molar-refractivity contribution >= 4 is 22.5 Å². The van der Waals surface area contributed by atoms with Gasteiger partial charge < -0.3 is 18.8 Å². The summed E-state index contributed by atoms with van der Waals surface area (Å²) in [7, 11) is 3.28. The first-order valence-corrected chi connectivity index (χ1v) is 8.85. The number of hydrogen-bond acceptors (Lipinski definition) is 4. The molecule has 28 heavy (non-hydrogen) atoms. The third-order valence-electron chi connectivity index (χ3n) is 4.96. The molecule has 0 radical (unpaired) electrons. The van der Waals surface area contributed by atoms with Gasteiger partial charge in [0.25, 0.3) is 5.56 Å². The van der Waals surface area contributed by atoms with Crippen LogP contribution in [0.4, 0.5) is 0 Å². The molecule has 1 aromatic carbocycles. The molecule has 0 aliphatic heterocycles. The van der Waals surface area contributed by atoms with Crippen LogP contribution in [-0.4, -0.2) is 32.1 Å². The molecule has 0 bridgehead atoms. The van der Waals surface area contributed by atoms with Crippen LogP contribution in [-0.2, 0) is 18.3 Å². The summed E-state index contributed by atoms with van der Waals surface area (Å²) in [5, 5.41) is 9.82. The van der Waals surface area contributed by atoms with Crippen molar-refractivity contribution in [3.8, 4) is 16.9 Å². The van der Waals surface area contributed by atoms with Crippen LogP contribution in [0, 0.1) is 0 Å². The SMILES string of the molecule is COc1c(-c2ccc(CCC(=O)O)n3ccnc23)c(=O)n(C)c2ccccc12. The number of rotatable bonds is 5. The number of carbonyl (C=O) groups is 1. The number of para-hydroxylation sites is 1. The van der Waals surface area contributed by atoms with Crippen molar-refractivity contribution in [2.75, 3.05) is 7.11 Å². The fourth-order valence-corrected chi connectivity index (χ4v) is 3.62. The highest BCUT2D eigenvalue weighted by molar-refractivity contribution is 5.95.